The average Bonchev–Trinajstić information content (AvgIpc) is 2.84. The molecule has 1 amide bonds. The second-order valence-electron chi connectivity index (χ2n) is 6.51. The highest BCUT2D eigenvalue weighted by Gasteiger charge is 2.27. The minimum absolute atomic E-state index is 0.00137. The summed E-state index contributed by atoms with van der Waals surface area (Å²) in [6, 6.07) is 5.32. The quantitative estimate of drug-likeness (QED) is 0.860. The van der Waals surface area contributed by atoms with E-state index in [2.05, 4.69) is 10.3 Å². The molecule has 0 saturated carbocycles. The topological polar surface area (TPSA) is 71.5 Å². The fourth-order valence-electron chi connectivity index (χ4n) is 2.38. The van der Waals surface area contributed by atoms with E-state index >= 15 is 0 Å². The first-order valence-electron chi connectivity index (χ1n) is 7.49. The van der Waals surface area contributed by atoms with Crippen molar-refractivity contribution in [2.45, 2.75) is 38.8 Å². The Morgan fingerprint density at radius 2 is 2.18 bits per heavy atom. The highest BCUT2D eigenvalue weighted by Crippen LogP contribution is 2.12. The van der Waals surface area contributed by atoms with Gasteiger partial charge < -0.3 is 10.1 Å². The van der Waals surface area contributed by atoms with Crippen molar-refractivity contribution >= 4 is 11.9 Å². The Morgan fingerprint density at radius 1 is 1.41 bits per heavy atom. The number of alkyl carbamates (subject to hydrolysis) is 1. The average molecular weight is 305 g/mol. The van der Waals surface area contributed by atoms with Crippen molar-refractivity contribution in [3.8, 4) is 0 Å². The molecular formula is C16H23N3O3. The smallest absolute Gasteiger partial charge is 0.407 e. The molecule has 1 unspecified atom stereocenters. The molecule has 0 spiro atoms. The van der Waals surface area contributed by atoms with Crippen molar-refractivity contribution in [1.29, 1.82) is 0 Å². The number of carbonyl (C=O) groups excluding carboxylic acids is 2. The summed E-state index contributed by atoms with van der Waals surface area (Å²) in [5.41, 5.74) is -0.0248. The van der Waals surface area contributed by atoms with Crippen LogP contribution in [-0.2, 0) is 4.74 Å². The Labute approximate surface area is 130 Å². The van der Waals surface area contributed by atoms with Crippen LogP contribution in [0.15, 0.2) is 24.4 Å². The van der Waals surface area contributed by atoms with E-state index in [1.807, 2.05) is 25.7 Å². The predicted octanol–water partition coefficient (Wildman–Crippen LogP) is 1.86. The number of Topliss-reactive ketones (excluding diaryl/α,β-unsaturated/α-hetero) is 1. The summed E-state index contributed by atoms with van der Waals surface area (Å²) in [6.07, 6.45) is 2.02. The molecule has 1 aliphatic heterocycles. The first-order valence-corrected chi connectivity index (χ1v) is 7.49. The fourth-order valence-corrected chi connectivity index (χ4v) is 2.38. The molecule has 1 saturated heterocycles. The van der Waals surface area contributed by atoms with Crippen LogP contribution >= 0.6 is 0 Å². The standard InChI is InChI=1S/C16H23N3O3/c1-16(2,3)22-15(21)18-12-7-9-19(10-12)11-14(20)13-6-4-5-8-17-13/h4-6,8,12H,7,9-11H2,1-3H3,(H,18,21). The van der Waals surface area contributed by atoms with Gasteiger partial charge in [-0.25, -0.2) is 4.79 Å². The van der Waals surface area contributed by atoms with Crippen molar-refractivity contribution in [2.24, 2.45) is 0 Å². The maximum absolute atomic E-state index is 12.1. The van der Waals surface area contributed by atoms with E-state index in [0.717, 1.165) is 13.0 Å². The highest BCUT2D eigenvalue weighted by atomic mass is 16.6. The van der Waals surface area contributed by atoms with Gasteiger partial charge in [0.1, 0.15) is 11.3 Å². The molecule has 0 bridgehead atoms. The largest absolute Gasteiger partial charge is 0.444 e. The number of nitrogens with zero attached hydrogens (tertiary/aromatic N) is 2. The van der Waals surface area contributed by atoms with Crippen LogP contribution in [0, 0.1) is 0 Å². The summed E-state index contributed by atoms with van der Waals surface area (Å²) >= 11 is 0. The minimum Gasteiger partial charge on any atom is -0.444 e. The molecule has 1 aromatic heterocycles. The lowest BCUT2D eigenvalue weighted by atomic mass is 10.2. The molecule has 6 nitrogen and oxygen atoms in total. The maximum Gasteiger partial charge on any atom is 0.407 e. The number of amides is 1. The van der Waals surface area contributed by atoms with Gasteiger partial charge in [0, 0.05) is 25.3 Å². The molecule has 0 aromatic carbocycles. The Bertz CT molecular complexity index is 525. The third kappa shape index (κ3) is 5.11. The summed E-state index contributed by atoms with van der Waals surface area (Å²) in [7, 11) is 0. The number of nitrogens with one attached hydrogen (secondary N) is 1. The number of hydrogen-bond donors (Lipinski definition) is 1. The Balaban J connectivity index is 1.78. The van der Waals surface area contributed by atoms with Crippen LogP contribution in [0.2, 0.25) is 0 Å². The van der Waals surface area contributed by atoms with Crippen LogP contribution in [-0.4, -0.2) is 53.0 Å². The lowest BCUT2D eigenvalue weighted by molar-refractivity contribution is 0.0506. The maximum atomic E-state index is 12.1. The third-order valence-corrected chi connectivity index (χ3v) is 3.31. The Hall–Kier alpha value is -1.95. The zero-order valence-corrected chi connectivity index (χ0v) is 13.3. The van der Waals surface area contributed by atoms with Crippen molar-refractivity contribution in [2.75, 3.05) is 19.6 Å². The molecule has 1 N–H and O–H groups in total. The Morgan fingerprint density at radius 3 is 2.82 bits per heavy atom. The number of rotatable bonds is 4. The van der Waals surface area contributed by atoms with Crippen LogP contribution in [0.5, 0.6) is 0 Å². The van der Waals surface area contributed by atoms with Gasteiger partial charge in [-0.1, -0.05) is 6.07 Å². The predicted molar refractivity (Wildman–Crippen MR) is 82.8 cm³/mol. The highest BCUT2D eigenvalue weighted by molar-refractivity contribution is 5.95. The van der Waals surface area contributed by atoms with Gasteiger partial charge in [0.2, 0.25) is 0 Å². The normalized spacial score (nSPS) is 19.0. The summed E-state index contributed by atoms with van der Waals surface area (Å²) in [6.45, 7) is 7.25. The van der Waals surface area contributed by atoms with E-state index in [1.54, 1.807) is 24.4 Å². The van der Waals surface area contributed by atoms with Crippen LogP contribution in [0.4, 0.5) is 4.79 Å². The lowest BCUT2D eigenvalue weighted by Crippen LogP contribution is -2.41. The zero-order chi connectivity index (χ0) is 16.2. The summed E-state index contributed by atoms with van der Waals surface area (Å²) in [5, 5.41) is 2.85. The third-order valence-electron chi connectivity index (χ3n) is 3.31. The molecule has 2 rings (SSSR count). The lowest BCUT2D eigenvalue weighted by Gasteiger charge is -2.22. The second-order valence-corrected chi connectivity index (χ2v) is 6.51. The van der Waals surface area contributed by atoms with Gasteiger partial charge >= 0.3 is 6.09 Å². The molecule has 6 heteroatoms. The number of ketones is 1. The van der Waals surface area contributed by atoms with Gasteiger partial charge in [-0.15, -0.1) is 0 Å². The van der Waals surface area contributed by atoms with Crippen LogP contribution in [0.25, 0.3) is 0 Å². The van der Waals surface area contributed by atoms with E-state index in [-0.39, 0.29) is 11.8 Å². The summed E-state index contributed by atoms with van der Waals surface area (Å²) < 4.78 is 5.24. The molecule has 1 atom stereocenters. The minimum atomic E-state index is -0.503. The molecule has 1 aromatic rings. The van der Waals surface area contributed by atoms with E-state index < -0.39 is 11.7 Å². The van der Waals surface area contributed by atoms with Crippen LogP contribution in [0.1, 0.15) is 37.7 Å². The second kappa shape index (κ2) is 6.87. The molecule has 0 aliphatic carbocycles. The van der Waals surface area contributed by atoms with E-state index in [9.17, 15) is 9.59 Å². The van der Waals surface area contributed by atoms with Crippen molar-refractivity contribution in [1.82, 2.24) is 15.2 Å². The monoisotopic (exact) mass is 305 g/mol. The molecule has 1 aliphatic rings. The number of ether oxygens (including phenoxy) is 1. The van der Waals surface area contributed by atoms with Crippen molar-refractivity contribution < 1.29 is 14.3 Å². The van der Waals surface area contributed by atoms with Gasteiger partial charge in [0.25, 0.3) is 0 Å². The van der Waals surface area contributed by atoms with Crippen LogP contribution in [0.3, 0.4) is 0 Å². The summed E-state index contributed by atoms with van der Waals surface area (Å²) in [5.74, 6) is -0.00137. The fraction of sp³-hybridized carbons (Fsp3) is 0.562. The van der Waals surface area contributed by atoms with Gasteiger partial charge in [-0.05, 0) is 39.3 Å². The Kier molecular flexibility index (Phi) is 5.13. The molecule has 2 heterocycles. The number of aromatic nitrogens is 1. The summed E-state index contributed by atoms with van der Waals surface area (Å²) in [4.78, 5) is 29.9. The van der Waals surface area contributed by atoms with E-state index in [4.69, 9.17) is 4.74 Å². The number of hydrogen-bond acceptors (Lipinski definition) is 5. The van der Waals surface area contributed by atoms with Gasteiger partial charge in [-0.3, -0.25) is 14.7 Å². The number of carbonyl (C=O) groups is 2. The first kappa shape index (κ1) is 16.4. The molecule has 120 valence electrons. The zero-order valence-electron chi connectivity index (χ0n) is 13.3. The molecular weight excluding hydrogens is 282 g/mol. The van der Waals surface area contributed by atoms with E-state index in [1.165, 1.54) is 0 Å². The number of likely N-dealkylation sites (tertiary alicyclic amines) is 1. The van der Waals surface area contributed by atoms with Gasteiger partial charge in [0.15, 0.2) is 5.78 Å². The van der Waals surface area contributed by atoms with Crippen LogP contribution < -0.4 is 5.32 Å². The van der Waals surface area contributed by atoms with Crippen molar-refractivity contribution in [3.63, 3.8) is 0 Å². The number of pyridine rings is 1. The molecule has 0 radical (unpaired) electrons. The first-order chi connectivity index (χ1) is 10.3. The van der Waals surface area contributed by atoms with Gasteiger partial charge in [-0.2, -0.15) is 0 Å². The van der Waals surface area contributed by atoms with Crippen molar-refractivity contribution in [3.05, 3.63) is 30.1 Å². The molecule has 22 heavy (non-hydrogen) atoms. The van der Waals surface area contributed by atoms with E-state index in [0.29, 0.717) is 18.8 Å². The SMILES string of the molecule is CC(C)(C)OC(=O)NC1CCN(CC(=O)c2ccccn2)C1. The van der Waals surface area contributed by atoms with Gasteiger partial charge in [0.05, 0.1) is 6.54 Å². The molecule has 1 fully saturated rings.